The summed E-state index contributed by atoms with van der Waals surface area (Å²) in [5.74, 6) is 2.42. The van der Waals surface area contributed by atoms with E-state index in [1.807, 2.05) is 65.4 Å². The van der Waals surface area contributed by atoms with Crippen LogP contribution in [0.3, 0.4) is 0 Å². The van der Waals surface area contributed by atoms with E-state index in [9.17, 15) is 18.4 Å². The van der Waals surface area contributed by atoms with Crippen LogP contribution < -0.4 is 5.32 Å². The van der Waals surface area contributed by atoms with Crippen LogP contribution in [0.2, 0.25) is 0 Å². The molecule has 8 aromatic rings. The molecule has 0 fully saturated rings. The number of amides is 1. The molecule has 10 rings (SSSR count). The van der Waals surface area contributed by atoms with Crippen LogP contribution in [0.4, 0.5) is 8.78 Å². The molecular weight excluding hydrogens is 936 g/mol. The Labute approximate surface area is 414 Å². The lowest BCUT2D eigenvalue weighted by atomic mass is 10.1. The standard InChI is InChI=1S/C22H18FN5OS.C15H15N5S.C7H4ClFO.C6H15N.CH4/c1-14-19-25-26-20(18-13-30-21(24-18)15-5-3-2-4-6-15)28(19)12-11-27(14)22(29)16-7-9-17(23)10-8-16;1-10-13-18-19-14(20(13)8-7-16-10)12-9-21-15(17-12)11-5-3-2-4-6-11;8-7(10)5-1-3-6(9)4-2-5;1-4-7(5-2)6-3;/h2-10,13-14H,11-12H2,1H3;2-6,9-10,16H,7-8H2,1H3;1-4H;4-6H2,1-3H3;1H4/t14-;10-;;;/m11.../s1. The maximum absolute atomic E-state index is 13.2. The molecule has 1 amide bonds. The van der Waals surface area contributed by atoms with Crippen molar-refractivity contribution in [3.8, 4) is 44.2 Å². The summed E-state index contributed by atoms with van der Waals surface area (Å²) in [6.45, 7) is 17.1. The molecule has 0 saturated carbocycles. The van der Waals surface area contributed by atoms with Crippen molar-refractivity contribution < 1.29 is 18.4 Å². The van der Waals surface area contributed by atoms with Crippen molar-refractivity contribution in [2.24, 2.45) is 0 Å². The van der Waals surface area contributed by atoms with E-state index < -0.39 is 5.24 Å². The summed E-state index contributed by atoms with van der Waals surface area (Å²) in [5.41, 5.74) is 4.67. The van der Waals surface area contributed by atoms with Crippen LogP contribution in [0.5, 0.6) is 0 Å². The number of hydrogen-bond acceptors (Lipinski definition) is 12. The maximum atomic E-state index is 13.2. The second-order valence-electron chi connectivity index (χ2n) is 15.6. The van der Waals surface area contributed by atoms with Gasteiger partial charge in [-0.15, -0.1) is 43.1 Å². The molecule has 0 bridgehead atoms. The van der Waals surface area contributed by atoms with Gasteiger partial charge in [-0.25, -0.2) is 18.7 Å². The quantitative estimate of drug-likeness (QED) is 0.139. The van der Waals surface area contributed by atoms with Gasteiger partial charge >= 0.3 is 0 Å². The predicted octanol–water partition coefficient (Wildman–Crippen LogP) is 11.3. The summed E-state index contributed by atoms with van der Waals surface area (Å²) >= 11 is 8.31. The Morgan fingerprint density at radius 3 is 1.58 bits per heavy atom. The van der Waals surface area contributed by atoms with Gasteiger partial charge in [0.2, 0.25) is 0 Å². The molecule has 2 aliphatic rings. The van der Waals surface area contributed by atoms with Gasteiger partial charge in [0.1, 0.15) is 38.9 Å². The Bertz CT molecular complexity index is 2860. The molecule has 360 valence electrons. The number of carbonyl (C=O) groups excluding carboxylic acids is 2. The number of hydrogen-bond donors (Lipinski definition) is 1. The summed E-state index contributed by atoms with van der Waals surface area (Å²) in [4.78, 5) is 36.9. The van der Waals surface area contributed by atoms with Gasteiger partial charge in [0, 0.05) is 59.2 Å². The molecule has 1 N–H and O–H groups in total. The number of carbonyl (C=O) groups is 2. The van der Waals surface area contributed by atoms with Crippen molar-refractivity contribution in [1.29, 1.82) is 0 Å². The Kier molecular flexibility index (Phi) is 18.7. The largest absolute Gasteiger partial charge is 0.327 e. The minimum atomic E-state index is -0.569. The van der Waals surface area contributed by atoms with Crippen LogP contribution in [0.15, 0.2) is 120 Å². The Balaban J connectivity index is 0.000000173. The summed E-state index contributed by atoms with van der Waals surface area (Å²) in [6, 6.07) is 30.9. The summed E-state index contributed by atoms with van der Waals surface area (Å²) in [6.07, 6.45) is 0. The van der Waals surface area contributed by atoms with Gasteiger partial charge < -0.3 is 24.3 Å². The number of halogens is 3. The molecular formula is C51H56ClF2N11O2S2. The molecule has 0 saturated heterocycles. The highest BCUT2D eigenvalue weighted by Gasteiger charge is 2.32. The predicted molar refractivity (Wildman–Crippen MR) is 272 cm³/mol. The molecule has 69 heavy (non-hydrogen) atoms. The fraction of sp³-hybridized carbons (Fsp3) is 0.294. The van der Waals surface area contributed by atoms with Crippen LogP contribution in [0.1, 0.15) is 86.5 Å². The molecule has 2 aliphatic heterocycles. The Hall–Kier alpha value is -6.37. The van der Waals surface area contributed by atoms with Crippen molar-refractivity contribution in [2.45, 2.75) is 67.2 Å². The SMILES string of the molecule is C.CCN(CC)CC.C[C@@H]1c2nnc(-c3csc(-c4ccccc4)n3)n2CCN1C(=O)c1ccc(F)cc1.C[C@H]1NCCn2c(-c3csc(-c4ccccc4)n3)nnc21.O=C(Cl)c1ccc(F)cc1. The molecule has 4 aromatic carbocycles. The van der Waals surface area contributed by atoms with Gasteiger partial charge in [0.05, 0.1) is 12.1 Å². The smallest absolute Gasteiger partial charge is 0.254 e. The molecule has 13 nitrogen and oxygen atoms in total. The number of benzene rings is 4. The third-order valence-electron chi connectivity index (χ3n) is 11.4. The summed E-state index contributed by atoms with van der Waals surface area (Å²) in [7, 11) is 0. The zero-order valence-electron chi connectivity index (χ0n) is 38.4. The van der Waals surface area contributed by atoms with E-state index in [4.69, 9.17) is 21.6 Å². The van der Waals surface area contributed by atoms with E-state index >= 15 is 0 Å². The average Bonchev–Trinajstić information content (AvgIpc) is 4.21. The lowest BCUT2D eigenvalue weighted by molar-refractivity contribution is 0.0638. The normalized spacial score (nSPS) is 14.7. The third-order valence-corrected chi connectivity index (χ3v) is 13.4. The van der Waals surface area contributed by atoms with Gasteiger partial charge in [-0.2, -0.15) is 0 Å². The van der Waals surface area contributed by atoms with Crippen molar-refractivity contribution in [3.63, 3.8) is 0 Å². The van der Waals surface area contributed by atoms with Crippen LogP contribution >= 0.6 is 34.3 Å². The highest BCUT2D eigenvalue weighted by molar-refractivity contribution is 7.13. The average molecular weight is 993 g/mol. The fourth-order valence-corrected chi connectivity index (χ4v) is 9.31. The van der Waals surface area contributed by atoms with Crippen LogP contribution in [-0.2, 0) is 13.1 Å². The third kappa shape index (κ3) is 12.8. The number of nitrogens with zero attached hydrogens (tertiary/aromatic N) is 10. The van der Waals surface area contributed by atoms with Gasteiger partial charge in [0.25, 0.3) is 11.1 Å². The maximum Gasteiger partial charge on any atom is 0.254 e. The minimum Gasteiger partial charge on any atom is -0.327 e. The number of fused-ring (bicyclic) bond motifs is 2. The first-order valence-electron chi connectivity index (χ1n) is 22.4. The van der Waals surface area contributed by atoms with Crippen LogP contribution in [-0.4, -0.2) is 93.2 Å². The summed E-state index contributed by atoms with van der Waals surface area (Å²) < 4.78 is 29.6. The van der Waals surface area contributed by atoms with E-state index in [1.165, 1.54) is 68.2 Å². The van der Waals surface area contributed by atoms with E-state index in [0.29, 0.717) is 30.0 Å². The molecule has 0 spiro atoms. The molecule has 0 aliphatic carbocycles. The second-order valence-corrected chi connectivity index (χ2v) is 17.7. The lowest BCUT2D eigenvalue weighted by Crippen LogP contribution is -2.41. The van der Waals surface area contributed by atoms with E-state index in [2.05, 4.69) is 80.4 Å². The topological polar surface area (TPSA) is 140 Å². The lowest BCUT2D eigenvalue weighted by Gasteiger charge is -2.33. The molecule has 6 heterocycles. The highest BCUT2D eigenvalue weighted by atomic mass is 35.5. The number of rotatable bonds is 9. The van der Waals surface area contributed by atoms with Crippen molar-refractivity contribution in [2.75, 3.05) is 32.7 Å². The van der Waals surface area contributed by atoms with E-state index in [1.54, 1.807) is 27.6 Å². The fourth-order valence-electron chi connectivity index (χ4n) is 7.57. The van der Waals surface area contributed by atoms with Crippen LogP contribution in [0, 0.1) is 11.6 Å². The first-order chi connectivity index (χ1) is 33.0. The minimum absolute atomic E-state index is 0. The van der Waals surface area contributed by atoms with Crippen molar-refractivity contribution in [1.82, 2.24) is 54.6 Å². The molecule has 0 radical (unpaired) electrons. The Morgan fingerprint density at radius 1 is 0.652 bits per heavy atom. The van der Waals surface area contributed by atoms with Crippen molar-refractivity contribution >= 4 is 45.4 Å². The molecule has 4 aromatic heterocycles. The van der Waals surface area contributed by atoms with Crippen molar-refractivity contribution in [3.05, 3.63) is 154 Å². The Morgan fingerprint density at radius 2 is 1.12 bits per heavy atom. The highest BCUT2D eigenvalue weighted by Crippen LogP contribution is 2.33. The first-order valence-corrected chi connectivity index (χ1v) is 24.5. The van der Waals surface area contributed by atoms with E-state index in [-0.39, 0.29) is 37.1 Å². The second kappa shape index (κ2) is 24.8. The zero-order valence-corrected chi connectivity index (χ0v) is 40.8. The van der Waals surface area contributed by atoms with Crippen LogP contribution in [0.25, 0.3) is 44.2 Å². The molecule has 2 atom stereocenters. The first kappa shape index (κ1) is 52.0. The number of aromatic nitrogens is 8. The molecule has 0 unspecified atom stereocenters. The summed E-state index contributed by atoms with van der Waals surface area (Å²) in [5, 5.41) is 26.2. The van der Waals surface area contributed by atoms with Gasteiger partial charge in [-0.3, -0.25) is 9.59 Å². The molecule has 18 heteroatoms. The number of thiazole rings is 2. The van der Waals surface area contributed by atoms with Gasteiger partial charge in [0.15, 0.2) is 17.5 Å². The van der Waals surface area contributed by atoms with E-state index in [0.717, 1.165) is 63.1 Å². The monoisotopic (exact) mass is 991 g/mol. The zero-order chi connectivity index (χ0) is 48.2. The number of nitrogens with one attached hydrogen (secondary N) is 1. The van der Waals surface area contributed by atoms with Gasteiger partial charge in [-0.1, -0.05) is 88.9 Å². The van der Waals surface area contributed by atoms with Gasteiger partial charge in [-0.05, 0) is 93.6 Å².